The first-order chi connectivity index (χ1) is 13.9. The molecule has 2 aromatic heterocycles. The minimum absolute atomic E-state index is 0.143. The Labute approximate surface area is 165 Å². The Morgan fingerprint density at radius 3 is 2.52 bits per heavy atom. The van der Waals surface area contributed by atoms with Gasteiger partial charge in [0.25, 0.3) is 0 Å². The van der Waals surface area contributed by atoms with Crippen molar-refractivity contribution in [3.63, 3.8) is 0 Å². The van der Waals surface area contributed by atoms with E-state index in [2.05, 4.69) is 15.5 Å². The Bertz CT molecular complexity index is 1160. The van der Waals surface area contributed by atoms with E-state index in [0.717, 1.165) is 10.1 Å². The summed E-state index contributed by atoms with van der Waals surface area (Å²) in [7, 11) is 0. The number of hydrogen-bond acceptors (Lipinski definition) is 4. The van der Waals surface area contributed by atoms with E-state index in [1.807, 2.05) is 0 Å². The Balaban J connectivity index is 1.56. The molecule has 6 nitrogen and oxygen atoms in total. The summed E-state index contributed by atoms with van der Waals surface area (Å²) in [4.78, 5) is 16.6. The molecule has 0 spiro atoms. The van der Waals surface area contributed by atoms with Crippen molar-refractivity contribution in [2.75, 3.05) is 5.32 Å². The minimum atomic E-state index is -2.72. The zero-order valence-electron chi connectivity index (χ0n) is 15.8. The fraction of sp³-hybridized carbons (Fsp3) is 0.190. The number of benzene rings is 2. The lowest BCUT2D eigenvalue weighted by Crippen LogP contribution is -2.15. The van der Waals surface area contributed by atoms with Crippen LogP contribution >= 0.6 is 0 Å². The number of rotatable bonds is 5. The van der Waals surface area contributed by atoms with Crippen molar-refractivity contribution in [1.29, 1.82) is 0 Å². The van der Waals surface area contributed by atoms with Gasteiger partial charge < -0.3 is 9.84 Å². The Kier molecular flexibility index (Phi) is 4.84. The van der Waals surface area contributed by atoms with Crippen molar-refractivity contribution in [1.82, 2.24) is 14.7 Å². The second kappa shape index (κ2) is 7.46. The molecular formula is C21H18F2N4O2. The number of carbonyl (C=O) groups is 1. The number of carbonyl (C=O) groups excluding carboxylic acids is 1. The number of para-hydroxylation sites is 2. The van der Waals surface area contributed by atoms with Gasteiger partial charge in [-0.25, -0.2) is 4.98 Å². The van der Waals surface area contributed by atoms with E-state index < -0.39 is 6.55 Å². The average Bonchev–Trinajstić information content (AvgIpc) is 3.24. The molecule has 0 saturated carbocycles. The highest BCUT2D eigenvalue weighted by Gasteiger charge is 2.19. The quantitative estimate of drug-likeness (QED) is 0.522. The summed E-state index contributed by atoms with van der Waals surface area (Å²) in [5.74, 6) is 0.570. The average molecular weight is 396 g/mol. The van der Waals surface area contributed by atoms with E-state index in [9.17, 15) is 13.6 Å². The van der Waals surface area contributed by atoms with E-state index in [-0.39, 0.29) is 18.2 Å². The number of nitrogens with zero attached hydrogens (tertiary/aromatic N) is 3. The van der Waals surface area contributed by atoms with Crippen molar-refractivity contribution in [3.8, 4) is 11.4 Å². The summed E-state index contributed by atoms with van der Waals surface area (Å²) in [6.45, 7) is 0.821. The molecule has 148 valence electrons. The van der Waals surface area contributed by atoms with Crippen LogP contribution in [0.25, 0.3) is 22.4 Å². The van der Waals surface area contributed by atoms with Gasteiger partial charge in [0.15, 0.2) is 0 Å². The number of nitrogens with one attached hydrogen (secondary N) is 1. The van der Waals surface area contributed by atoms with E-state index in [0.29, 0.717) is 33.7 Å². The van der Waals surface area contributed by atoms with Crippen LogP contribution in [-0.4, -0.2) is 20.6 Å². The molecule has 0 bridgehead atoms. The molecule has 0 aliphatic carbocycles. The number of fused-ring (bicyclic) bond motifs is 1. The first-order valence-electron chi connectivity index (χ1n) is 9.01. The molecule has 0 atom stereocenters. The summed E-state index contributed by atoms with van der Waals surface area (Å²) in [6.07, 6.45) is 0.143. The minimum Gasteiger partial charge on any atom is -0.361 e. The third kappa shape index (κ3) is 3.61. The van der Waals surface area contributed by atoms with Gasteiger partial charge in [-0.2, -0.15) is 8.78 Å². The number of amides is 1. The Hall–Kier alpha value is -3.55. The van der Waals surface area contributed by atoms with Gasteiger partial charge in [-0.15, -0.1) is 0 Å². The highest BCUT2D eigenvalue weighted by Crippen LogP contribution is 2.30. The fourth-order valence-electron chi connectivity index (χ4n) is 3.27. The molecule has 29 heavy (non-hydrogen) atoms. The molecule has 0 aliphatic heterocycles. The van der Waals surface area contributed by atoms with E-state index in [1.54, 1.807) is 62.4 Å². The van der Waals surface area contributed by atoms with Crippen molar-refractivity contribution in [2.24, 2.45) is 0 Å². The van der Waals surface area contributed by atoms with Crippen molar-refractivity contribution < 1.29 is 18.1 Å². The van der Waals surface area contributed by atoms with Crippen LogP contribution in [0.3, 0.4) is 0 Å². The molecule has 1 N–H and O–H groups in total. The van der Waals surface area contributed by atoms with E-state index in [4.69, 9.17) is 4.52 Å². The van der Waals surface area contributed by atoms with Gasteiger partial charge in [-0.05, 0) is 50.2 Å². The van der Waals surface area contributed by atoms with Crippen molar-refractivity contribution in [2.45, 2.75) is 26.8 Å². The van der Waals surface area contributed by atoms with Crippen molar-refractivity contribution >= 4 is 22.6 Å². The van der Waals surface area contributed by atoms with Gasteiger partial charge in [-0.3, -0.25) is 9.36 Å². The summed E-state index contributed by atoms with van der Waals surface area (Å²) in [5.41, 5.74) is 3.40. The Morgan fingerprint density at radius 1 is 1.14 bits per heavy atom. The lowest BCUT2D eigenvalue weighted by Gasteiger charge is -2.09. The first kappa shape index (κ1) is 18.8. The molecule has 4 rings (SSSR count). The van der Waals surface area contributed by atoms with Gasteiger partial charge in [-0.1, -0.05) is 17.3 Å². The lowest BCUT2D eigenvalue weighted by molar-refractivity contribution is -0.115. The summed E-state index contributed by atoms with van der Waals surface area (Å²) in [5, 5.41) is 6.63. The molecule has 0 radical (unpaired) electrons. The number of aryl methyl sites for hydroxylation is 2. The van der Waals surface area contributed by atoms with Gasteiger partial charge in [0.1, 0.15) is 11.6 Å². The predicted molar refractivity (Wildman–Crippen MR) is 105 cm³/mol. The number of alkyl halides is 2. The Morgan fingerprint density at radius 2 is 1.86 bits per heavy atom. The molecule has 0 aliphatic rings. The molecule has 4 aromatic rings. The molecule has 2 aromatic carbocycles. The third-order valence-corrected chi connectivity index (χ3v) is 4.74. The summed E-state index contributed by atoms with van der Waals surface area (Å²) < 4.78 is 33.2. The highest BCUT2D eigenvalue weighted by atomic mass is 19.3. The zero-order valence-corrected chi connectivity index (χ0v) is 15.8. The summed E-state index contributed by atoms with van der Waals surface area (Å²) in [6, 6.07) is 13.4. The van der Waals surface area contributed by atoms with Crippen LogP contribution in [0.1, 0.15) is 23.6 Å². The lowest BCUT2D eigenvalue weighted by atomic mass is 10.1. The van der Waals surface area contributed by atoms with Crippen LogP contribution < -0.4 is 5.32 Å². The van der Waals surface area contributed by atoms with Gasteiger partial charge in [0.05, 0.1) is 23.1 Å². The topological polar surface area (TPSA) is 73.0 Å². The van der Waals surface area contributed by atoms with Crippen LogP contribution in [-0.2, 0) is 11.2 Å². The molecule has 0 fully saturated rings. The van der Waals surface area contributed by atoms with E-state index >= 15 is 0 Å². The molecule has 1 amide bonds. The van der Waals surface area contributed by atoms with Crippen LogP contribution in [0.15, 0.2) is 53.1 Å². The summed E-state index contributed by atoms with van der Waals surface area (Å²) >= 11 is 0. The second-order valence-electron chi connectivity index (χ2n) is 6.68. The predicted octanol–water partition coefficient (Wildman–Crippen LogP) is 4.88. The maximum atomic E-state index is 13.6. The monoisotopic (exact) mass is 396 g/mol. The van der Waals surface area contributed by atoms with Crippen LogP contribution in [0.5, 0.6) is 0 Å². The maximum Gasteiger partial charge on any atom is 0.320 e. The SMILES string of the molecule is Cc1noc(C)c1CC(=O)Nc1ccc(-c2nc3ccccc3n2C(F)F)cc1. The number of halogens is 2. The van der Waals surface area contributed by atoms with Crippen LogP contribution in [0.2, 0.25) is 0 Å². The number of aromatic nitrogens is 3. The van der Waals surface area contributed by atoms with Gasteiger partial charge in [0, 0.05) is 16.8 Å². The third-order valence-electron chi connectivity index (χ3n) is 4.74. The molecule has 0 saturated heterocycles. The zero-order chi connectivity index (χ0) is 20.5. The molecule has 2 heterocycles. The second-order valence-corrected chi connectivity index (χ2v) is 6.68. The first-order valence-corrected chi connectivity index (χ1v) is 9.01. The van der Waals surface area contributed by atoms with Crippen LogP contribution in [0.4, 0.5) is 14.5 Å². The molecule has 8 heteroatoms. The largest absolute Gasteiger partial charge is 0.361 e. The highest BCUT2D eigenvalue weighted by molar-refractivity contribution is 5.92. The van der Waals surface area contributed by atoms with E-state index in [1.165, 1.54) is 0 Å². The standard InChI is InChI=1S/C21H18F2N4O2/c1-12-16(13(2)29-26-12)11-19(28)24-15-9-7-14(8-10-15)20-25-17-5-3-4-6-18(17)27(20)21(22)23/h3-10,21H,11H2,1-2H3,(H,24,28). The smallest absolute Gasteiger partial charge is 0.320 e. The normalized spacial score (nSPS) is 11.3. The van der Waals surface area contributed by atoms with Crippen LogP contribution in [0, 0.1) is 13.8 Å². The fourth-order valence-corrected chi connectivity index (χ4v) is 3.27. The number of anilines is 1. The van der Waals surface area contributed by atoms with Crippen molar-refractivity contribution in [3.05, 3.63) is 65.5 Å². The number of imidazole rings is 1. The van der Waals surface area contributed by atoms with Gasteiger partial charge in [0.2, 0.25) is 5.91 Å². The maximum absolute atomic E-state index is 13.6. The molecule has 0 unspecified atom stereocenters. The van der Waals surface area contributed by atoms with Gasteiger partial charge >= 0.3 is 6.55 Å². The molecular weight excluding hydrogens is 378 g/mol. The number of hydrogen-bond donors (Lipinski definition) is 1.